The topological polar surface area (TPSA) is 80.4 Å². The van der Waals surface area contributed by atoms with Gasteiger partial charge in [0.15, 0.2) is 0 Å². The highest BCUT2D eigenvalue weighted by atomic mass is 32.1. The van der Waals surface area contributed by atoms with Gasteiger partial charge >= 0.3 is 0 Å². The summed E-state index contributed by atoms with van der Waals surface area (Å²) in [6.07, 6.45) is 0.343. The molecule has 0 bridgehead atoms. The molecule has 0 radical (unpaired) electrons. The summed E-state index contributed by atoms with van der Waals surface area (Å²) >= 11 is 1.56. The fourth-order valence-corrected chi connectivity index (χ4v) is 2.35. The predicted octanol–water partition coefficient (Wildman–Crippen LogP) is 2.66. The molecule has 1 unspecified atom stereocenters. The van der Waals surface area contributed by atoms with Crippen molar-refractivity contribution in [2.24, 2.45) is 0 Å². The number of nitrogen functional groups attached to an aromatic ring is 1. The minimum Gasteiger partial charge on any atom is -0.476 e. The number of thiophene rings is 1. The largest absolute Gasteiger partial charge is 0.476 e. The molecule has 0 amide bonds. The highest BCUT2D eigenvalue weighted by molar-refractivity contribution is 7.07. The molecule has 2 heterocycles. The van der Waals surface area contributed by atoms with E-state index < -0.39 is 6.10 Å². The van der Waals surface area contributed by atoms with E-state index in [0.717, 1.165) is 12.0 Å². The highest BCUT2D eigenvalue weighted by Crippen LogP contribution is 2.22. The fourth-order valence-electron chi connectivity index (χ4n) is 1.65. The van der Waals surface area contributed by atoms with E-state index in [0.29, 0.717) is 30.5 Å². The molecule has 4 N–H and O–H groups in total. The maximum atomic E-state index is 10.00. The van der Waals surface area contributed by atoms with Crippen LogP contribution in [0, 0.1) is 0 Å². The van der Waals surface area contributed by atoms with Crippen molar-refractivity contribution in [3.63, 3.8) is 0 Å². The number of hydrogen-bond donors (Lipinski definition) is 3. The number of aromatic nitrogens is 1. The number of pyridine rings is 1. The molecule has 0 saturated heterocycles. The second kappa shape index (κ2) is 7.12. The van der Waals surface area contributed by atoms with E-state index in [-0.39, 0.29) is 0 Å². The molecule has 6 heteroatoms. The molecule has 0 fully saturated rings. The summed E-state index contributed by atoms with van der Waals surface area (Å²) in [5, 5.41) is 17.0. The van der Waals surface area contributed by atoms with Crippen molar-refractivity contribution < 1.29 is 9.84 Å². The molecule has 0 saturated carbocycles. The van der Waals surface area contributed by atoms with Gasteiger partial charge in [0.1, 0.15) is 5.82 Å². The van der Waals surface area contributed by atoms with Crippen LogP contribution in [-0.4, -0.2) is 23.2 Å². The maximum absolute atomic E-state index is 10.00. The van der Waals surface area contributed by atoms with Crippen LogP contribution in [0.15, 0.2) is 29.0 Å². The number of anilines is 2. The maximum Gasteiger partial charge on any atom is 0.239 e. The van der Waals surface area contributed by atoms with E-state index >= 15 is 0 Å². The van der Waals surface area contributed by atoms with Crippen LogP contribution in [0.5, 0.6) is 5.88 Å². The lowest BCUT2D eigenvalue weighted by Crippen LogP contribution is -2.13. The Balaban J connectivity index is 1.95. The summed E-state index contributed by atoms with van der Waals surface area (Å²) in [5.74, 6) is 1.07. The summed E-state index contributed by atoms with van der Waals surface area (Å²) < 4.78 is 5.47. The standard InChI is InChI=1S/C14H19N3O2S/c1-2-6-19-14-11(15)3-4-13(17-14)16-8-12(18)10-5-7-20-9-10/h3-5,7,9,12,18H,2,6,8,15H2,1H3,(H,16,17). The Labute approximate surface area is 122 Å². The first kappa shape index (κ1) is 14.6. The van der Waals surface area contributed by atoms with Gasteiger partial charge in [-0.1, -0.05) is 6.92 Å². The van der Waals surface area contributed by atoms with E-state index in [1.807, 2.05) is 23.8 Å². The van der Waals surface area contributed by atoms with Crippen LogP contribution in [0.2, 0.25) is 0 Å². The summed E-state index contributed by atoms with van der Waals surface area (Å²) in [5.41, 5.74) is 7.22. The zero-order valence-corrected chi connectivity index (χ0v) is 12.2. The third-order valence-corrected chi connectivity index (χ3v) is 3.44. The number of hydrogen-bond acceptors (Lipinski definition) is 6. The smallest absolute Gasteiger partial charge is 0.239 e. The number of nitrogens with two attached hydrogens (primary N) is 1. The van der Waals surface area contributed by atoms with Gasteiger partial charge < -0.3 is 20.9 Å². The lowest BCUT2D eigenvalue weighted by atomic mass is 10.2. The van der Waals surface area contributed by atoms with E-state index in [1.54, 1.807) is 23.5 Å². The van der Waals surface area contributed by atoms with Crippen LogP contribution in [0.3, 0.4) is 0 Å². The number of nitrogens with zero attached hydrogens (tertiary/aromatic N) is 1. The number of nitrogens with one attached hydrogen (secondary N) is 1. The molecular formula is C14H19N3O2S. The number of ether oxygens (including phenoxy) is 1. The molecular weight excluding hydrogens is 274 g/mol. The van der Waals surface area contributed by atoms with Gasteiger partial charge in [-0.25, -0.2) is 0 Å². The van der Waals surface area contributed by atoms with Gasteiger partial charge in [0.25, 0.3) is 0 Å². The molecule has 0 spiro atoms. The van der Waals surface area contributed by atoms with Gasteiger partial charge in [0.2, 0.25) is 5.88 Å². The zero-order valence-electron chi connectivity index (χ0n) is 11.4. The van der Waals surface area contributed by atoms with Gasteiger partial charge in [-0.15, -0.1) is 0 Å². The van der Waals surface area contributed by atoms with E-state index in [1.165, 1.54) is 0 Å². The Hall–Kier alpha value is -1.79. The molecule has 0 aromatic carbocycles. The number of rotatable bonds is 7. The third-order valence-electron chi connectivity index (χ3n) is 2.74. The van der Waals surface area contributed by atoms with Crippen molar-refractivity contribution >= 4 is 22.8 Å². The van der Waals surface area contributed by atoms with Crippen molar-refractivity contribution in [3.8, 4) is 5.88 Å². The van der Waals surface area contributed by atoms with Gasteiger partial charge in [-0.3, -0.25) is 0 Å². The molecule has 2 aromatic rings. The minimum absolute atomic E-state index is 0.390. The SMILES string of the molecule is CCCOc1nc(NCC(O)c2ccsc2)ccc1N. The second-order valence-electron chi connectivity index (χ2n) is 4.39. The molecule has 2 aromatic heterocycles. The molecule has 0 aliphatic rings. The van der Waals surface area contributed by atoms with Gasteiger partial charge in [-0.2, -0.15) is 16.3 Å². The lowest BCUT2D eigenvalue weighted by molar-refractivity contribution is 0.192. The fraction of sp³-hybridized carbons (Fsp3) is 0.357. The van der Waals surface area contributed by atoms with Gasteiger partial charge in [0.05, 0.1) is 18.4 Å². The van der Waals surface area contributed by atoms with Crippen molar-refractivity contribution in [1.29, 1.82) is 0 Å². The summed E-state index contributed by atoms with van der Waals surface area (Å²) in [7, 11) is 0. The second-order valence-corrected chi connectivity index (χ2v) is 5.17. The molecule has 5 nitrogen and oxygen atoms in total. The zero-order chi connectivity index (χ0) is 14.4. The van der Waals surface area contributed by atoms with Gasteiger partial charge in [0, 0.05) is 6.54 Å². The molecule has 2 rings (SSSR count). The first-order chi connectivity index (χ1) is 9.70. The quantitative estimate of drug-likeness (QED) is 0.731. The van der Waals surface area contributed by atoms with Crippen molar-refractivity contribution in [2.75, 3.05) is 24.2 Å². The Morgan fingerprint density at radius 3 is 3.00 bits per heavy atom. The van der Waals surface area contributed by atoms with Crippen LogP contribution in [0.25, 0.3) is 0 Å². The summed E-state index contributed by atoms with van der Waals surface area (Å²) in [6.45, 7) is 2.99. The number of aliphatic hydroxyl groups is 1. The minimum atomic E-state index is -0.555. The van der Waals surface area contributed by atoms with Crippen molar-refractivity contribution in [2.45, 2.75) is 19.4 Å². The highest BCUT2D eigenvalue weighted by Gasteiger charge is 2.09. The van der Waals surface area contributed by atoms with Crippen LogP contribution < -0.4 is 15.8 Å². The van der Waals surface area contributed by atoms with Crippen LogP contribution >= 0.6 is 11.3 Å². The normalized spacial score (nSPS) is 12.1. The Morgan fingerprint density at radius 1 is 1.45 bits per heavy atom. The molecule has 20 heavy (non-hydrogen) atoms. The Morgan fingerprint density at radius 2 is 2.30 bits per heavy atom. The van der Waals surface area contributed by atoms with E-state index in [4.69, 9.17) is 10.5 Å². The van der Waals surface area contributed by atoms with Crippen LogP contribution in [-0.2, 0) is 0 Å². The van der Waals surface area contributed by atoms with Gasteiger partial charge in [-0.05, 0) is 40.9 Å². The van der Waals surface area contributed by atoms with Crippen molar-refractivity contribution in [3.05, 3.63) is 34.5 Å². The average molecular weight is 293 g/mol. The van der Waals surface area contributed by atoms with E-state index in [9.17, 15) is 5.11 Å². The molecule has 108 valence electrons. The Kier molecular flexibility index (Phi) is 5.20. The monoisotopic (exact) mass is 293 g/mol. The number of aliphatic hydroxyl groups excluding tert-OH is 1. The van der Waals surface area contributed by atoms with Crippen molar-refractivity contribution in [1.82, 2.24) is 4.98 Å². The predicted molar refractivity (Wildman–Crippen MR) is 82.2 cm³/mol. The molecule has 0 aliphatic heterocycles. The first-order valence-corrected chi connectivity index (χ1v) is 7.48. The summed E-state index contributed by atoms with van der Waals surface area (Å²) in [4.78, 5) is 4.30. The Bertz CT molecular complexity index is 531. The lowest BCUT2D eigenvalue weighted by Gasteiger charge is -2.13. The third kappa shape index (κ3) is 3.85. The molecule has 0 aliphatic carbocycles. The summed E-state index contributed by atoms with van der Waals surface area (Å²) in [6, 6.07) is 5.43. The molecule has 1 atom stereocenters. The van der Waals surface area contributed by atoms with Crippen LogP contribution in [0.4, 0.5) is 11.5 Å². The van der Waals surface area contributed by atoms with Crippen LogP contribution in [0.1, 0.15) is 25.0 Å². The first-order valence-electron chi connectivity index (χ1n) is 6.54. The van der Waals surface area contributed by atoms with E-state index in [2.05, 4.69) is 10.3 Å². The average Bonchev–Trinajstić information content (AvgIpc) is 2.99.